The summed E-state index contributed by atoms with van der Waals surface area (Å²) >= 11 is 5.73. The van der Waals surface area contributed by atoms with Crippen molar-refractivity contribution >= 4 is 17.7 Å². The van der Waals surface area contributed by atoms with Gasteiger partial charge in [-0.3, -0.25) is 0 Å². The molecule has 1 atom stereocenters. The van der Waals surface area contributed by atoms with Crippen LogP contribution < -0.4 is 10.1 Å². The molecule has 0 spiro atoms. The molecule has 5 nitrogen and oxygen atoms in total. The summed E-state index contributed by atoms with van der Waals surface area (Å²) in [7, 11) is 1.26. The highest BCUT2D eigenvalue weighted by Gasteiger charge is 2.47. The van der Waals surface area contributed by atoms with Gasteiger partial charge in [0.1, 0.15) is 6.04 Å². The summed E-state index contributed by atoms with van der Waals surface area (Å²) in [6.07, 6.45) is -0.945. The molecule has 2 N–H and O–H groups in total. The molecular weight excluding hydrogens is 284 g/mol. The maximum atomic E-state index is 13.7. The van der Waals surface area contributed by atoms with Crippen LogP contribution in [0.5, 0.6) is 11.5 Å². The molecular formula is C11H10ClF2NO4. The lowest BCUT2D eigenvalue weighted by molar-refractivity contribution is -0.104. The molecule has 0 unspecified atom stereocenters. The van der Waals surface area contributed by atoms with Crippen LogP contribution in [0.15, 0.2) is 12.1 Å². The number of phenolic OH excluding ortho intramolecular Hbond substituents is 1. The fourth-order valence-corrected chi connectivity index (χ4v) is 1.97. The van der Waals surface area contributed by atoms with Gasteiger partial charge < -0.3 is 19.9 Å². The van der Waals surface area contributed by atoms with Gasteiger partial charge in [-0.1, -0.05) is 11.6 Å². The van der Waals surface area contributed by atoms with Crippen LogP contribution in [0.4, 0.5) is 13.6 Å². The number of amides is 1. The number of hydrogen-bond acceptors (Lipinski definition) is 4. The van der Waals surface area contributed by atoms with Crippen molar-refractivity contribution < 1.29 is 28.2 Å². The normalized spacial score (nSPS) is 21.5. The van der Waals surface area contributed by atoms with E-state index in [1.807, 2.05) is 5.32 Å². The van der Waals surface area contributed by atoms with Crippen LogP contribution in [0.3, 0.4) is 0 Å². The van der Waals surface area contributed by atoms with E-state index in [4.69, 9.17) is 16.3 Å². The van der Waals surface area contributed by atoms with Crippen molar-refractivity contribution in [2.75, 3.05) is 13.7 Å². The quantitative estimate of drug-likeness (QED) is 0.879. The monoisotopic (exact) mass is 293 g/mol. The molecule has 1 fully saturated rings. The number of cyclic esters (lactones) is 1. The minimum atomic E-state index is -3.29. The molecule has 104 valence electrons. The number of ether oxygens (including phenoxy) is 2. The third kappa shape index (κ3) is 2.51. The summed E-state index contributed by atoms with van der Waals surface area (Å²) in [6.45, 7) is -1.02. The zero-order valence-corrected chi connectivity index (χ0v) is 10.5. The summed E-state index contributed by atoms with van der Waals surface area (Å²) in [4.78, 5) is 11.1. The standard InChI is InChI=1S/C11H10ClF2NO4/c1-18-7-3-5(2-6(12)8(7)16)9-11(13,14)4-19-10(17)15-9/h2-3,9,16H,4H2,1H3,(H,15,17)/t9-/m1/s1. The average molecular weight is 294 g/mol. The number of methoxy groups -OCH3 is 1. The van der Waals surface area contributed by atoms with Crippen molar-refractivity contribution in [1.82, 2.24) is 5.32 Å². The first-order chi connectivity index (χ1) is 8.85. The van der Waals surface area contributed by atoms with Crippen molar-refractivity contribution in [3.8, 4) is 11.5 Å². The molecule has 1 heterocycles. The van der Waals surface area contributed by atoms with E-state index in [9.17, 15) is 18.7 Å². The molecule has 0 radical (unpaired) electrons. The summed E-state index contributed by atoms with van der Waals surface area (Å²) in [5, 5.41) is 11.4. The Kier molecular flexibility index (Phi) is 3.40. The van der Waals surface area contributed by atoms with E-state index in [2.05, 4.69) is 4.74 Å². The molecule has 1 aliphatic heterocycles. The molecule has 1 aromatic rings. The number of hydrogen-bond donors (Lipinski definition) is 2. The lowest BCUT2D eigenvalue weighted by atomic mass is 9.99. The van der Waals surface area contributed by atoms with E-state index in [0.29, 0.717) is 0 Å². The summed E-state index contributed by atoms with van der Waals surface area (Å²) < 4.78 is 36.5. The van der Waals surface area contributed by atoms with E-state index in [0.717, 1.165) is 6.07 Å². The van der Waals surface area contributed by atoms with Crippen LogP contribution in [0.1, 0.15) is 11.6 Å². The second-order valence-corrected chi connectivity index (χ2v) is 4.38. The Morgan fingerprint density at radius 1 is 1.58 bits per heavy atom. The van der Waals surface area contributed by atoms with Crippen LogP contribution in [0.25, 0.3) is 0 Å². The molecule has 1 aliphatic rings. The van der Waals surface area contributed by atoms with Gasteiger partial charge in [0, 0.05) is 0 Å². The molecule has 0 saturated carbocycles. The van der Waals surface area contributed by atoms with Crippen LogP contribution in [-0.4, -0.2) is 30.8 Å². The second kappa shape index (κ2) is 4.73. The Balaban J connectivity index is 2.45. The molecule has 1 amide bonds. The Hall–Kier alpha value is -1.76. The fraction of sp³-hybridized carbons (Fsp3) is 0.364. The molecule has 8 heteroatoms. The van der Waals surface area contributed by atoms with Crippen LogP contribution in [-0.2, 0) is 4.74 Å². The highest BCUT2D eigenvalue weighted by atomic mass is 35.5. The van der Waals surface area contributed by atoms with Crippen molar-refractivity contribution in [1.29, 1.82) is 0 Å². The number of rotatable bonds is 2. The van der Waals surface area contributed by atoms with Gasteiger partial charge in [0.15, 0.2) is 18.1 Å². The minimum Gasteiger partial charge on any atom is -0.503 e. The van der Waals surface area contributed by atoms with Crippen LogP contribution in [0, 0.1) is 0 Å². The van der Waals surface area contributed by atoms with Gasteiger partial charge in [-0.2, -0.15) is 0 Å². The Labute approximate surface area is 112 Å². The molecule has 0 bridgehead atoms. The summed E-state index contributed by atoms with van der Waals surface area (Å²) in [5.41, 5.74) is 0.0151. The van der Waals surface area contributed by atoms with E-state index >= 15 is 0 Å². The molecule has 1 saturated heterocycles. The topological polar surface area (TPSA) is 67.8 Å². The Bertz CT molecular complexity index is 524. The number of benzene rings is 1. The number of nitrogens with one attached hydrogen (secondary N) is 1. The first kappa shape index (κ1) is 13.7. The van der Waals surface area contributed by atoms with Gasteiger partial charge in [0.25, 0.3) is 0 Å². The minimum absolute atomic E-state index is 0.0151. The van der Waals surface area contributed by atoms with Crippen molar-refractivity contribution in [3.05, 3.63) is 22.7 Å². The van der Waals surface area contributed by atoms with Gasteiger partial charge in [0.05, 0.1) is 12.1 Å². The highest BCUT2D eigenvalue weighted by molar-refractivity contribution is 6.32. The number of alkyl carbamates (subject to hydrolysis) is 1. The highest BCUT2D eigenvalue weighted by Crippen LogP contribution is 2.41. The number of carbonyl (C=O) groups is 1. The van der Waals surface area contributed by atoms with Gasteiger partial charge >= 0.3 is 12.0 Å². The predicted octanol–water partition coefficient (Wildman–Crippen LogP) is 2.47. The number of alkyl halides is 2. The van der Waals surface area contributed by atoms with Gasteiger partial charge in [0.2, 0.25) is 0 Å². The first-order valence-electron chi connectivity index (χ1n) is 5.22. The Morgan fingerprint density at radius 3 is 2.89 bits per heavy atom. The van der Waals surface area contributed by atoms with E-state index in [1.54, 1.807) is 0 Å². The van der Waals surface area contributed by atoms with Gasteiger partial charge in [-0.05, 0) is 17.7 Å². The SMILES string of the molecule is COc1cc([C@H]2NC(=O)OCC2(F)F)cc(Cl)c1O. The maximum Gasteiger partial charge on any atom is 0.408 e. The lowest BCUT2D eigenvalue weighted by Gasteiger charge is -2.32. The smallest absolute Gasteiger partial charge is 0.408 e. The number of halogens is 3. The van der Waals surface area contributed by atoms with Crippen molar-refractivity contribution in [2.45, 2.75) is 12.0 Å². The molecule has 19 heavy (non-hydrogen) atoms. The molecule has 0 aliphatic carbocycles. The molecule has 0 aromatic heterocycles. The predicted molar refractivity (Wildman–Crippen MR) is 61.8 cm³/mol. The zero-order chi connectivity index (χ0) is 14.2. The van der Waals surface area contributed by atoms with E-state index in [-0.39, 0.29) is 22.1 Å². The fourth-order valence-electron chi connectivity index (χ4n) is 1.75. The van der Waals surface area contributed by atoms with Crippen LogP contribution in [0.2, 0.25) is 5.02 Å². The van der Waals surface area contributed by atoms with Gasteiger partial charge in [-0.15, -0.1) is 0 Å². The van der Waals surface area contributed by atoms with Crippen molar-refractivity contribution in [3.63, 3.8) is 0 Å². The summed E-state index contributed by atoms with van der Waals surface area (Å²) in [5.74, 6) is -3.70. The second-order valence-electron chi connectivity index (χ2n) is 3.97. The number of aromatic hydroxyl groups is 1. The third-order valence-corrected chi connectivity index (χ3v) is 2.97. The van der Waals surface area contributed by atoms with Crippen LogP contribution >= 0.6 is 11.6 Å². The average Bonchev–Trinajstić information content (AvgIpc) is 2.35. The lowest BCUT2D eigenvalue weighted by Crippen LogP contribution is -2.49. The first-order valence-corrected chi connectivity index (χ1v) is 5.60. The number of carbonyl (C=O) groups excluding carboxylic acids is 1. The Morgan fingerprint density at radius 2 is 2.26 bits per heavy atom. The van der Waals surface area contributed by atoms with E-state index in [1.165, 1.54) is 13.2 Å². The largest absolute Gasteiger partial charge is 0.503 e. The zero-order valence-electron chi connectivity index (χ0n) is 9.75. The van der Waals surface area contributed by atoms with Crippen molar-refractivity contribution in [2.24, 2.45) is 0 Å². The van der Waals surface area contributed by atoms with Gasteiger partial charge in [-0.25, -0.2) is 13.6 Å². The summed E-state index contributed by atoms with van der Waals surface area (Å²) in [6, 6.07) is 0.732. The van der Waals surface area contributed by atoms with E-state index < -0.39 is 24.7 Å². The third-order valence-electron chi connectivity index (χ3n) is 2.68. The molecule has 1 aromatic carbocycles. The molecule has 2 rings (SSSR count). The number of phenols is 1. The maximum absolute atomic E-state index is 13.7.